The lowest BCUT2D eigenvalue weighted by molar-refractivity contribution is -0.159. The molecule has 0 heterocycles. The van der Waals surface area contributed by atoms with E-state index in [4.69, 9.17) is 5.11 Å². The van der Waals surface area contributed by atoms with Crippen molar-refractivity contribution in [3.8, 4) is 0 Å². The van der Waals surface area contributed by atoms with Gasteiger partial charge in [-0.25, -0.2) is 9.59 Å². The van der Waals surface area contributed by atoms with Crippen LogP contribution in [0.25, 0.3) is 6.08 Å². The number of carbonyl (C=O) groups is 2. The highest BCUT2D eigenvalue weighted by Gasteiger charge is 2.29. The van der Waals surface area contributed by atoms with Crippen LogP contribution in [-0.4, -0.2) is 30.0 Å². The summed E-state index contributed by atoms with van der Waals surface area (Å²) < 4.78 is 39.3. The predicted molar refractivity (Wildman–Crippen MR) is 64.1 cm³/mol. The van der Waals surface area contributed by atoms with E-state index >= 15 is 0 Å². The van der Waals surface area contributed by atoms with Gasteiger partial charge in [0.15, 0.2) is 6.61 Å². The predicted octanol–water partition coefficient (Wildman–Crippen LogP) is 2.90. The van der Waals surface area contributed by atoms with Crippen LogP contribution in [0, 0.1) is 0 Å². The third kappa shape index (κ3) is 6.43. The molecule has 5 nitrogen and oxygen atoms in total. The number of hydrogen-bond donors (Lipinski definition) is 2. The van der Waals surface area contributed by atoms with Crippen molar-refractivity contribution in [1.29, 1.82) is 0 Å². The van der Waals surface area contributed by atoms with Crippen molar-refractivity contribution < 1.29 is 32.6 Å². The van der Waals surface area contributed by atoms with Gasteiger partial charge in [0, 0.05) is 11.8 Å². The molecule has 0 saturated heterocycles. The number of carboxylic acid groups (broad SMARTS) is 1. The summed E-state index contributed by atoms with van der Waals surface area (Å²) in [5.74, 6) is -1.11. The van der Waals surface area contributed by atoms with Crippen LogP contribution in [0.1, 0.15) is 5.56 Å². The largest absolute Gasteiger partial charge is 0.478 e. The van der Waals surface area contributed by atoms with E-state index in [1.54, 1.807) is 0 Å². The average molecular weight is 289 g/mol. The fourth-order valence-corrected chi connectivity index (χ4v) is 1.15. The Hall–Kier alpha value is -2.51. The third-order valence-corrected chi connectivity index (χ3v) is 1.94. The first kappa shape index (κ1) is 15.5. The van der Waals surface area contributed by atoms with Crippen LogP contribution in [0.3, 0.4) is 0 Å². The highest BCUT2D eigenvalue weighted by atomic mass is 19.4. The maximum absolute atomic E-state index is 11.8. The summed E-state index contributed by atoms with van der Waals surface area (Å²) >= 11 is 0. The summed E-state index contributed by atoms with van der Waals surface area (Å²) in [7, 11) is 0. The summed E-state index contributed by atoms with van der Waals surface area (Å²) in [6.07, 6.45) is -3.55. The Labute approximate surface area is 111 Å². The smallest absolute Gasteiger partial charge is 0.422 e. The minimum absolute atomic E-state index is 0.227. The molecule has 0 aliphatic carbocycles. The molecule has 1 aromatic carbocycles. The molecule has 0 unspecified atom stereocenters. The molecule has 1 aromatic rings. The third-order valence-electron chi connectivity index (χ3n) is 1.94. The SMILES string of the molecule is O=C(O)/C=C/c1ccc(NC(=O)OCC(F)(F)F)cc1. The average Bonchev–Trinajstić information content (AvgIpc) is 2.35. The van der Waals surface area contributed by atoms with Crippen molar-refractivity contribution in [3.63, 3.8) is 0 Å². The molecule has 0 saturated carbocycles. The van der Waals surface area contributed by atoms with Crippen molar-refractivity contribution in [1.82, 2.24) is 0 Å². The summed E-state index contributed by atoms with van der Waals surface area (Å²) in [5.41, 5.74) is 0.784. The summed E-state index contributed by atoms with van der Waals surface area (Å²) in [5, 5.41) is 10.5. The number of nitrogens with one attached hydrogen (secondary N) is 1. The minimum Gasteiger partial charge on any atom is -0.478 e. The summed E-state index contributed by atoms with van der Waals surface area (Å²) in [4.78, 5) is 21.3. The number of anilines is 1. The molecule has 8 heteroatoms. The zero-order chi connectivity index (χ0) is 15.2. The van der Waals surface area contributed by atoms with Crippen LogP contribution in [0.15, 0.2) is 30.3 Å². The molecule has 0 aromatic heterocycles. The number of benzene rings is 1. The van der Waals surface area contributed by atoms with Crippen molar-refractivity contribution >= 4 is 23.8 Å². The second kappa shape index (κ2) is 6.60. The number of amides is 1. The fourth-order valence-electron chi connectivity index (χ4n) is 1.15. The molecule has 1 rings (SSSR count). The van der Waals surface area contributed by atoms with Crippen LogP contribution in [0.5, 0.6) is 0 Å². The van der Waals surface area contributed by atoms with Gasteiger partial charge < -0.3 is 9.84 Å². The molecule has 0 spiro atoms. The van der Waals surface area contributed by atoms with Crippen LogP contribution >= 0.6 is 0 Å². The zero-order valence-electron chi connectivity index (χ0n) is 9.98. The first-order chi connectivity index (χ1) is 9.26. The Balaban J connectivity index is 2.53. The molecule has 0 bridgehead atoms. The van der Waals surface area contributed by atoms with Gasteiger partial charge in [0.1, 0.15) is 0 Å². The molecule has 108 valence electrons. The highest BCUT2D eigenvalue weighted by molar-refractivity contribution is 5.86. The molecule has 0 aliphatic heterocycles. The topological polar surface area (TPSA) is 75.6 Å². The number of alkyl halides is 3. The molecule has 0 radical (unpaired) electrons. The number of halogens is 3. The van der Waals surface area contributed by atoms with Gasteiger partial charge in [0.05, 0.1) is 0 Å². The number of hydrogen-bond acceptors (Lipinski definition) is 3. The van der Waals surface area contributed by atoms with Gasteiger partial charge in [0.2, 0.25) is 0 Å². The lowest BCUT2D eigenvalue weighted by Crippen LogP contribution is -2.23. The van der Waals surface area contributed by atoms with Gasteiger partial charge in [-0.1, -0.05) is 12.1 Å². The summed E-state index contributed by atoms with van der Waals surface area (Å²) in [6.45, 7) is -1.67. The second-order valence-corrected chi connectivity index (χ2v) is 3.61. The number of rotatable bonds is 4. The first-order valence-corrected chi connectivity index (χ1v) is 5.28. The molecule has 2 N–H and O–H groups in total. The summed E-state index contributed by atoms with van der Waals surface area (Å²) in [6, 6.07) is 5.77. The molecule has 0 fully saturated rings. The number of ether oxygens (including phenoxy) is 1. The normalized spacial score (nSPS) is 11.3. The van der Waals surface area contributed by atoms with E-state index < -0.39 is 24.8 Å². The Morgan fingerprint density at radius 1 is 1.25 bits per heavy atom. The number of carbonyl (C=O) groups excluding carboxylic acids is 1. The van der Waals surface area contributed by atoms with Gasteiger partial charge in [-0.2, -0.15) is 13.2 Å². The van der Waals surface area contributed by atoms with Crippen molar-refractivity contribution in [3.05, 3.63) is 35.9 Å². The highest BCUT2D eigenvalue weighted by Crippen LogP contribution is 2.15. The van der Waals surface area contributed by atoms with E-state index in [1.165, 1.54) is 30.3 Å². The minimum atomic E-state index is -4.58. The van der Waals surface area contributed by atoms with E-state index in [2.05, 4.69) is 10.1 Å². The van der Waals surface area contributed by atoms with Gasteiger partial charge >= 0.3 is 18.2 Å². The van der Waals surface area contributed by atoms with Gasteiger partial charge in [-0.3, -0.25) is 5.32 Å². The van der Waals surface area contributed by atoms with E-state index in [0.29, 0.717) is 5.56 Å². The quantitative estimate of drug-likeness (QED) is 0.836. The molecule has 0 atom stereocenters. The standard InChI is InChI=1S/C12H10F3NO4/c13-12(14,15)7-20-11(19)16-9-4-1-8(2-5-9)3-6-10(17)18/h1-6H,7H2,(H,16,19)(H,17,18)/b6-3+. The van der Waals surface area contributed by atoms with E-state index in [-0.39, 0.29) is 5.69 Å². The maximum Gasteiger partial charge on any atom is 0.422 e. The molecule has 1 amide bonds. The van der Waals surface area contributed by atoms with Gasteiger partial charge in [0.25, 0.3) is 0 Å². The van der Waals surface area contributed by atoms with Crippen LogP contribution in [0.4, 0.5) is 23.7 Å². The number of aliphatic carboxylic acids is 1. The second-order valence-electron chi connectivity index (χ2n) is 3.61. The van der Waals surface area contributed by atoms with Gasteiger partial charge in [-0.05, 0) is 23.8 Å². The molecular weight excluding hydrogens is 279 g/mol. The Kier molecular flexibility index (Phi) is 5.13. The fraction of sp³-hybridized carbons (Fsp3) is 0.167. The molecular formula is C12H10F3NO4. The Bertz CT molecular complexity index is 508. The zero-order valence-corrected chi connectivity index (χ0v) is 9.98. The van der Waals surface area contributed by atoms with Crippen molar-refractivity contribution in [2.75, 3.05) is 11.9 Å². The lowest BCUT2D eigenvalue weighted by Gasteiger charge is -2.09. The maximum atomic E-state index is 11.8. The van der Waals surface area contributed by atoms with E-state index in [0.717, 1.165) is 6.08 Å². The van der Waals surface area contributed by atoms with Crippen molar-refractivity contribution in [2.24, 2.45) is 0 Å². The Morgan fingerprint density at radius 3 is 2.35 bits per heavy atom. The van der Waals surface area contributed by atoms with Crippen LogP contribution in [-0.2, 0) is 9.53 Å². The van der Waals surface area contributed by atoms with Gasteiger partial charge in [-0.15, -0.1) is 0 Å². The van der Waals surface area contributed by atoms with Crippen LogP contribution in [0.2, 0.25) is 0 Å². The van der Waals surface area contributed by atoms with Crippen LogP contribution < -0.4 is 5.32 Å². The lowest BCUT2D eigenvalue weighted by atomic mass is 10.2. The first-order valence-electron chi connectivity index (χ1n) is 5.28. The monoisotopic (exact) mass is 289 g/mol. The molecule has 20 heavy (non-hydrogen) atoms. The number of carboxylic acids is 1. The molecule has 0 aliphatic rings. The van der Waals surface area contributed by atoms with Crippen molar-refractivity contribution in [2.45, 2.75) is 6.18 Å². The Morgan fingerprint density at radius 2 is 1.85 bits per heavy atom. The van der Waals surface area contributed by atoms with E-state index in [1.807, 2.05) is 0 Å². The van der Waals surface area contributed by atoms with E-state index in [9.17, 15) is 22.8 Å².